The molecule has 1 heterocycles. The van der Waals surface area contributed by atoms with Crippen molar-refractivity contribution in [2.24, 2.45) is 0 Å². The van der Waals surface area contributed by atoms with Gasteiger partial charge < -0.3 is 0 Å². The lowest BCUT2D eigenvalue weighted by Gasteiger charge is -2.07. The van der Waals surface area contributed by atoms with Gasteiger partial charge in [0, 0.05) is 29.2 Å². The van der Waals surface area contributed by atoms with Crippen molar-refractivity contribution in [3.8, 4) is 0 Å². The molecule has 0 spiro atoms. The van der Waals surface area contributed by atoms with Gasteiger partial charge in [-0.1, -0.05) is 48.5 Å². The predicted octanol–water partition coefficient (Wildman–Crippen LogP) is 4.75. The second kappa shape index (κ2) is 8.83. The fraction of sp³-hybridized carbons (Fsp3) is 0.100. The molecule has 0 atom stereocenters. The van der Waals surface area contributed by atoms with Crippen LogP contribution in [-0.2, 0) is 4.79 Å². The summed E-state index contributed by atoms with van der Waals surface area (Å²) in [5.41, 5.74) is 1.10. The van der Waals surface area contributed by atoms with Crippen LogP contribution in [0.15, 0.2) is 70.5 Å². The number of nitrogens with zero attached hydrogens (tertiary/aromatic N) is 1. The van der Waals surface area contributed by atoms with Crippen molar-refractivity contribution in [1.82, 2.24) is 0 Å². The summed E-state index contributed by atoms with van der Waals surface area (Å²) in [5, 5.41) is 10.9. The van der Waals surface area contributed by atoms with Crippen LogP contribution in [0.5, 0.6) is 0 Å². The summed E-state index contributed by atoms with van der Waals surface area (Å²) in [4.78, 5) is 36.1. The maximum atomic E-state index is 12.9. The lowest BCUT2D eigenvalue weighted by molar-refractivity contribution is -0.384. The highest BCUT2D eigenvalue weighted by Crippen LogP contribution is 2.40. The van der Waals surface area contributed by atoms with E-state index in [-0.39, 0.29) is 17.0 Å². The third kappa shape index (κ3) is 4.75. The van der Waals surface area contributed by atoms with Crippen molar-refractivity contribution in [3.05, 3.63) is 91.7 Å². The van der Waals surface area contributed by atoms with Gasteiger partial charge in [0.2, 0.25) is 0 Å². The fourth-order valence-electron chi connectivity index (χ4n) is 2.49. The molecule has 5 nitrogen and oxygen atoms in total. The van der Waals surface area contributed by atoms with Crippen LogP contribution in [0.25, 0.3) is 6.08 Å². The number of ketones is 2. The Kier molecular flexibility index (Phi) is 6.26. The van der Waals surface area contributed by atoms with Gasteiger partial charge >= 0.3 is 0 Å². The topological polar surface area (TPSA) is 77.3 Å². The molecule has 0 saturated carbocycles. The van der Waals surface area contributed by atoms with E-state index in [1.165, 1.54) is 47.8 Å². The Bertz CT molecular complexity index is 943. The molecular weight excluding hydrogens is 382 g/mol. The first-order valence-corrected chi connectivity index (χ1v) is 10.1. The van der Waals surface area contributed by atoms with E-state index in [4.69, 9.17) is 0 Å². The molecule has 3 rings (SSSR count). The van der Waals surface area contributed by atoms with E-state index in [1.807, 2.05) is 6.07 Å². The third-order valence-electron chi connectivity index (χ3n) is 3.77. The number of allylic oxidation sites excluding steroid dienone is 2. The molecule has 0 aromatic heterocycles. The van der Waals surface area contributed by atoms with Crippen molar-refractivity contribution in [3.63, 3.8) is 0 Å². The normalized spacial score (nSPS) is 13.7. The number of nitro benzene ring substituents is 1. The second-order valence-electron chi connectivity index (χ2n) is 5.60. The number of benzene rings is 2. The van der Waals surface area contributed by atoms with Crippen molar-refractivity contribution in [2.75, 3.05) is 11.5 Å². The largest absolute Gasteiger partial charge is 0.289 e. The molecule has 1 aliphatic heterocycles. The molecule has 136 valence electrons. The van der Waals surface area contributed by atoms with Gasteiger partial charge in [-0.05, 0) is 11.6 Å². The zero-order chi connectivity index (χ0) is 19.2. The first-order chi connectivity index (χ1) is 13.1. The van der Waals surface area contributed by atoms with Crippen LogP contribution in [0.2, 0.25) is 0 Å². The average Bonchev–Trinajstić information content (AvgIpc) is 3.21. The van der Waals surface area contributed by atoms with Gasteiger partial charge in [-0.15, -0.1) is 23.5 Å². The number of nitro groups is 1. The van der Waals surface area contributed by atoms with Crippen molar-refractivity contribution in [1.29, 1.82) is 0 Å². The first kappa shape index (κ1) is 19.1. The number of carbonyl (C=O) groups is 2. The number of rotatable bonds is 6. The predicted molar refractivity (Wildman–Crippen MR) is 110 cm³/mol. The van der Waals surface area contributed by atoms with E-state index in [9.17, 15) is 19.7 Å². The SMILES string of the molecule is O=C(/C=C/c1cccc([N+](=O)[O-])c1)C(C(=O)c1ccccc1)=C1SCCS1. The molecule has 0 radical (unpaired) electrons. The summed E-state index contributed by atoms with van der Waals surface area (Å²) >= 11 is 3.02. The molecule has 1 fully saturated rings. The lowest BCUT2D eigenvalue weighted by atomic mass is 10.0. The number of thioether (sulfide) groups is 2. The Balaban J connectivity index is 1.90. The van der Waals surface area contributed by atoms with Crippen LogP contribution in [0.1, 0.15) is 15.9 Å². The fourth-order valence-corrected chi connectivity index (χ4v) is 5.04. The van der Waals surface area contributed by atoms with Crippen LogP contribution in [-0.4, -0.2) is 28.0 Å². The van der Waals surface area contributed by atoms with Crippen molar-refractivity contribution in [2.45, 2.75) is 0 Å². The van der Waals surface area contributed by atoms with E-state index < -0.39 is 10.7 Å². The number of hydrogen-bond donors (Lipinski definition) is 0. The van der Waals surface area contributed by atoms with Gasteiger partial charge in [0.15, 0.2) is 11.6 Å². The minimum absolute atomic E-state index is 0.0505. The number of non-ortho nitro benzene ring substituents is 1. The first-order valence-electron chi connectivity index (χ1n) is 8.13. The summed E-state index contributed by atoms with van der Waals surface area (Å²) in [6.07, 6.45) is 2.81. The Labute approximate surface area is 164 Å². The molecular formula is C20H15NO4S2. The maximum absolute atomic E-state index is 12.9. The highest BCUT2D eigenvalue weighted by atomic mass is 32.2. The van der Waals surface area contributed by atoms with Gasteiger partial charge in [0.25, 0.3) is 5.69 Å². The molecule has 0 unspecified atom stereocenters. The average molecular weight is 397 g/mol. The summed E-state index contributed by atoms with van der Waals surface area (Å²) in [5.74, 6) is 1.01. The van der Waals surface area contributed by atoms with Crippen LogP contribution < -0.4 is 0 Å². The molecule has 1 aliphatic rings. The molecule has 27 heavy (non-hydrogen) atoms. The highest BCUT2D eigenvalue weighted by Gasteiger charge is 2.25. The van der Waals surface area contributed by atoms with Crippen LogP contribution >= 0.6 is 23.5 Å². The van der Waals surface area contributed by atoms with Gasteiger partial charge in [-0.25, -0.2) is 0 Å². The van der Waals surface area contributed by atoms with Gasteiger partial charge in [-0.3, -0.25) is 19.7 Å². The van der Waals surface area contributed by atoms with Crippen molar-refractivity contribution >= 4 is 46.9 Å². The molecule has 7 heteroatoms. The van der Waals surface area contributed by atoms with Gasteiger partial charge in [0.05, 0.1) is 14.7 Å². The molecule has 0 aliphatic carbocycles. The standard InChI is InChI=1S/C20H15NO4S2/c22-17(10-9-14-5-4-8-16(13-14)21(24)25)18(20-26-11-12-27-20)19(23)15-6-2-1-3-7-15/h1-10,13H,11-12H2/b10-9+. The van der Waals surface area contributed by atoms with E-state index in [0.29, 0.717) is 11.1 Å². The number of Topliss-reactive ketones (excluding diaryl/α,β-unsaturated/α-hetero) is 1. The molecule has 2 aromatic carbocycles. The van der Waals surface area contributed by atoms with Crippen LogP contribution in [0, 0.1) is 10.1 Å². The minimum atomic E-state index is -0.489. The Morgan fingerprint density at radius 3 is 2.37 bits per heavy atom. The molecule has 1 saturated heterocycles. The van der Waals surface area contributed by atoms with Gasteiger partial charge in [-0.2, -0.15) is 0 Å². The molecule has 0 bridgehead atoms. The Morgan fingerprint density at radius 1 is 1.00 bits per heavy atom. The Morgan fingerprint density at radius 2 is 1.70 bits per heavy atom. The van der Waals surface area contributed by atoms with E-state index in [0.717, 1.165) is 15.7 Å². The summed E-state index contributed by atoms with van der Waals surface area (Å²) in [7, 11) is 0. The molecule has 0 N–H and O–H groups in total. The maximum Gasteiger partial charge on any atom is 0.270 e. The van der Waals surface area contributed by atoms with Crippen molar-refractivity contribution < 1.29 is 14.5 Å². The highest BCUT2D eigenvalue weighted by molar-refractivity contribution is 8.25. The summed E-state index contributed by atoms with van der Waals surface area (Å²) in [6, 6.07) is 14.7. The lowest BCUT2D eigenvalue weighted by Crippen LogP contribution is -2.12. The minimum Gasteiger partial charge on any atom is -0.289 e. The van der Waals surface area contributed by atoms with Crippen LogP contribution in [0.3, 0.4) is 0 Å². The monoisotopic (exact) mass is 397 g/mol. The zero-order valence-corrected chi connectivity index (χ0v) is 15.8. The second-order valence-corrected chi connectivity index (χ2v) is 8.07. The van der Waals surface area contributed by atoms with E-state index >= 15 is 0 Å². The van der Waals surface area contributed by atoms with Crippen LogP contribution in [0.4, 0.5) is 5.69 Å². The molecule has 2 aromatic rings. The van der Waals surface area contributed by atoms with Gasteiger partial charge in [0.1, 0.15) is 0 Å². The smallest absolute Gasteiger partial charge is 0.270 e. The number of carbonyl (C=O) groups excluding carboxylic acids is 2. The third-order valence-corrected chi connectivity index (χ3v) is 6.49. The molecule has 0 amide bonds. The quantitative estimate of drug-likeness (QED) is 0.175. The number of hydrogen-bond acceptors (Lipinski definition) is 6. The van der Waals surface area contributed by atoms with E-state index in [1.54, 1.807) is 36.4 Å². The summed E-state index contributed by atoms with van der Waals surface area (Å²) in [6.45, 7) is 0. The Hall–Kier alpha value is -2.64. The zero-order valence-electron chi connectivity index (χ0n) is 14.2. The van der Waals surface area contributed by atoms with E-state index in [2.05, 4.69) is 0 Å². The summed E-state index contributed by atoms with van der Waals surface area (Å²) < 4.78 is 0.734.